The molecule has 0 aromatic rings. The normalized spacial score (nSPS) is 28.3. The van der Waals surface area contributed by atoms with Gasteiger partial charge in [0.05, 0.1) is 0 Å². The van der Waals surface area contributed by atoms with Gasteiger partial charge in [-0.25, -0.2) is 0 Å². The minimum atomic E-state index is 0.604. The van der Waals surface area contributed by atoms with Crippen molar-refractivity contribution in [3.05, 3.63) is 23.8 Å². The first-order valence-corrected chi connectivity index (χ1v) is 3.68. The molecule has 2 aliphatic carbocycles. The fourth-order valence-electron chi connectivity index (χ4n) is 1.38. The van der Waals surface area contributed by atoms with Crippen LogP contribution in [0.25, 0.3) is 0 Å². The van der Waals surface area contributed by atoms with Gasteiger partial charge < -0.3 is 0 Å². The highest BCUT2D eigenvalue weighted by Gasteiger charge is 2.39. The predicted molar refractivity (Wildman–Crippen MR) is 39.2 cm³/mol. The van der Waals surface area contributed by atoms with E-state index in [4.69, 9.17) is 0 Å². The standard InChI is InChI=1S/C9H12/c1-9(6-7-9)8-4-2-3-5-8/h2,4-5H,3,6-7H2,1H3. The molecule has 0 heteroatoms. The lowest BCUT2D eigenvalue weighted by Gasteiger charge is -2.05. The molecule has 0 aromatic carbocycles. The Labute approximate surface area is 56.3 Å². The highest BCUT2D eigenvalue weighted by Crippen LogP contribution is 2.52. The Morgan fingerprint density at radius 1 is 1.44 bits per heavy atom. The number of allylic oxidation sites excluding steroid dienone is 4. The molecule has 48 valence electrons. The van der Waals surface area contributed by atoms with E-state index in [1.54, 1.807) is 5.57 Å². The third kappa shape index (κ3) is 0.735. The lowest BCUT2D eigenvalue weighted by atomic mass is 10.00. The predicted octanol–water partition coefficient (Wildman–Crippen LogP) is 2.67. The van der Waals surface area contributed by atoms with Gasteiger partial charge in [-0.1, -0.05) is 25.2 Å². The van der Waals surface area contributed by atoms with E-state index < -0.39 is 0 Å². The van der Waals surface area contributed by atoms with Crippen LogP contribution in [0.2, 0.25) is 0 Å². The minimum absolute atomic E-state index is 0.604. The maximum Gasteiger partial charge on any atom is -0.00778 e. The van der Waals surface area contributed by atoms with Gasteiger partial charge in [0.2, 0.25) is 0 Å². The Balaban J connectivity index is 2.22. The third-order valence-corrected chi connectivity index (χ3v) is 2.47. The Bertz CT molecular complexity index is 180. The molecule has 1 saturated carbocycles. The van der Waals surface area contributed by atoms with Gasteiger partial charge in [-0.2, -0.15) is 0 Å². The maximum absolute atomic E-state index is 2.36. The smallest absolute Gasteiger partial charge is 0.00778 e. The van der Waals surface area contributed by atoms with Crippen LogP contribution in [0.5, 0.6) is 0 Å². The van der Waals surface area contributed by atoms with Crippen LogP contribution in [0.4, 0.5) is 0 Å². The first-order chi connectivity index (χ1) is 4.31. The summed E-state index contributed by atoms with van der Waals surface area (Å²) in [5.74, 6) is 0. The lowest BCUT2D eigenvalue weighted by molar-refractivity contribution is 0.710. The number of hydrogen-bond donors (Lipinski definition) is 0. The van der Waals surface area contributed by atoms with E-state index in [1.165, 1.54) is 19.3 Å². The molecule has 2 aliphatic rings. The van der Waals surface area contributed by atoms with Crippen LogP contribution in [0.1, 0.15) is 26.2 Å². The summed E-state index contributed by atoms with van der Waals surface area (Å²) >= 11 is 0. The van der Waals surface area contributed by atoms with Crippen LogP contribution >= 0.6 is 0 Å². The average Bonchev–Trinajstić information content (AvgIpc) is 2.46. The molecule has 0 aromatic heterocycles. The monoisotopic (exact) mass is 120 g/mol. The van der Waals surface area contributed by atoms with Crippen molar-refractivity contribution in [3.63, 3.8) is 0 Å². The molecule has 0 nitrogen and oxygen atoms in total. The molecule has 0 amide bonds. The van der Waals surface area contributed by atoms with Gasteiger partial charge in [-0.05, 0) is 30.3 Å². The van der Waals surface area contributed by atoms with Crippen LogP contribution in [-0.2, 0) is 0 Å². The highest BCUT2D eigenvalue weighted by molar-refractivity contribution is 5.35. The number of hydrogen-bond acceptors (Lipinski definition) is 0. The molecule has 0 heterocycles. The van der Waals surface area contributed by atoms with Gasteiger partial charge in [-0.3, -0.25) is 0 Å². The summed E-state index contributed by atoms with van der Waals surface area (Å²) in [6.07, 6.45) is 10.9. The molecule has 2 rings (SSSR count). The molecular weight excluding hydrogens is 108 g/mol. The summed E-state index contributed by atoms with van der Waals surface area (Å²) in [5, 5.41) is 0. The summed E-state index contributed by atoms with van der Waals surface area (Å²) in [6, 6.07) is 0. The zero-order valence-corrected chi connectivity index (χ0v) is 5.85. The quantitative estimate of drug-likeness (QED) is 0.499. The molecule has 0 bridgehead atoms. The maximum atomic E-state index is 2.36. The van der Waals surface area contributed by atoms with Crippen LogP contribution in [0, 0.1) is 5.41 Å². The SMILES string of the molecule is CC1(C2=CCC=C2)CC1. The van der Waals surface area contributed by atoms with Crippen LogP contribution < -0.4 is 0 Å². The molecule has 0 radical (unpaired) electrons. The molecule has 0 unspecified atom stereocenters. The fourth-order valence-corrected chi connectivity index (χ4v) is 1.38. The number of rotatable bonds is 1. The fraction of sp³-hybridized carbons (Fsp3) is 0.556. The zero-order valence-electron chi connectivity index (χ0n) is 5.85. The molecule has 9 heavy (non-hydrogen) atoms. The van der Waals surface area contributed by atoms with Crippen LogP contribution in [-0.4, -0.2) is 0 Å². The average molecular weight is 120 g/mol. The largest absolute Gasteiger partial charge is 0.0804 e. The summed E-state index contributed by atoms with van der Waals surface area (Å²) in [7, 11) is 0. The Kier molecular flexibility index (Phi) is 0.879. The van der Waals surface area contributed by atoms with E-state index in [2.05, 4.69) is 25.2 Å². The highest BCUT2D eigenvalue weighted by atomic mass is 14.4. The van der Waals surface area contributed by atoms with E-state index >= 15 is 0 Å². The second-order valence-corrected chi connectivity index (χ2v) is 3.36. The van der Waals surface area contributed by atoms with Crippen molar-refractivity contribution in [2.24, 2.45) is 5.41 Å². The van der Waals surface area contributed by atoms with E-state index in [0.29, 0.717) is 5.41 Å². The lowest BCUT2D eigenvalue weighted by Crippen LogP contribution is -1.92. The summed E-state index contributed by atoms with van der Waals surface area (Å²) < 4.78 is 0. The van der Waals surface area contributed by atoms with Crippen molar-refractivity contribution in [1.29, 1.82) is 0 Å². The third-order valence-electron chi connectivity index (χ3n) is 2.47. The van der Waals surface area contributed by atoms with E-state index in [1.807, 2.05) is 0 Å². The van der Waals surface area contributed by atoms with E-state index in [9.17, 15) is 0 Å². The molecule has 0 saturated heterocycles. The van der Waals surface area contributed by atoms with Gasteiger partial charge in [-0.15, -0.1) is 0 Å². The first-order valence-electron chi connectivity index (χ1n) is 3.68. The van der Waals surface area contributed by atoms with Crippen molar-refractivity contribution in [1.82, 2.24) is 0 Å². The summed E-state index contributed by atoms with van der Waals surface area (Å²) in [5.41, 5.74) is 2.19. The van der Waals surface area contributed by atoms with Crippen molar-refractivity contribution < 1.29 is 0 Å². The Hall–Kier alpha value is -0.520. The Morgan fingerprint density at radius 2 is 2.22 bits per heavy atom. The van der Waals surface area contributed by atoms with Gasteiger partial charge in [0.1, 0.15) is 0 Å². The second-order valence-electron chi connectivity index (χ2n) is 3.36. The Morgan fingerprint density at radius 3 is 2.67 bits per heavy atom. The van der Waals surface area contributed by atoms with Gasteiger partial charge in [0.25, 0.3) is 0 Å². The molecule has 0 N–H and O–H groups in total. The molecule has 0 aliphatic heterocycles. The molecule has 1 fully saturated rings. The van der Waals surface area contributed by atoms with Gasteiger partial charge >= 0.3 is 0 Å². The van der Waals surface area contributed by atoms with Crippen LogP contribution in [0.15, 0.2) is 23.8 Å². The van der Waals surface area contributed by atoms with Crippen molar-refractivity contribution in [2.45, 2.75) is 26.2 Å². The molecular formula is C9H12. The van der Waals surface area contributed by atoms with Crippen molar-refractivity contribution in [2.75, 3.05) is 0 Å². The first kappa shape index (κ1) is 5.28. The van der Waals surface area contributed by atoms with Crippen LogP contribution in [0.3, 0.4) is 0 Å². The van der Waals surface area contributed by atoms with Gasteiger partial charge in [0.15, 0.2) is 0 Å². The molecule has 0 spiro atoms. The zero-order chi connectivity index (χ0) is 6.32. The van der Waals surface area contributed by atoms with E-state index in [-0.39, 0.29) is 0 Å². The summed E-state index contributed by atoms with van der Waals surface area (Å²) in [4.78, 5) is 0. The molecule has 0 atom stereocenters. The second kappa shape index (κ2) is 1.50. The van der Waals surface area contributed by atoms with Gasteiger partial charge in [0, 0.05) is 0 Å². The van der Waals surface area contributed by atoms with Crippen molar-refractivity contribution >= 4 is 0 Å². The summed E-state index contributed by atoms with van der Waals surface area (Å²) in [6.45, 7) is 2.36. The van der Waals surface area contributed by atoms with E-state index in [0.717, 1.165) is 0 Å². The topological polar surface area (TPSA) is 0 Å². The minimum Gasteiger partial charge on any atom is -0.0804 e. The van der Waals surface area contributed by atoms with Crippen molar-refractivity contribution in [3.8, 4) is 0 Å².